The van der Waals surface area contributed by atoms with Crippen molar-refractivity contribution in [2.75, 3.05) is 5.32 Å². The molecule has 2 N–H and O–H groups in total. The third-order valence-corrected chi connectivity index (χ3v) is 4.07. The summed E-state index contributed by atoms with van der Waals surface area (Å²) in [6.07, 6.45) is 1.30. The minimum atomic E-state index is -0.927. The van der Waals surface area contributed by atoms with Gasteiger partial charge >= 0.3 is 11.8 Å². The molecule has 5 nitrogen and oxygen atoms in total. The third-order valence-electron chi connectivity index (χ3n) is 3.01. The standard InChI is InChI=1S/C16H12Cl3N3O2/c1-9-5-6-11(17)7-13(9)21-15(23)16(24)22-20-8-10-3-2-4-12(18)14(10)19/h2-8H,1H3,(H,21,23)(H,22,24)/b20-8+. The van der Waals surface area contributed by atoms with Gasteiger partial charge in [-0.15, -0.1) is 0 Å². The minimum Gasteiger partial charge on any atom is -0.317 e. The van der Waals surface area contributed by atoms with Gasteiger partial charge in [-0.2, -0.15) is 5.10 Å². The van der Waals surface area contributed by atoms with Crippen LogP contribution in [-0.2, 0) is 9.59 Å². The van der Waals surface area contributed by atoms with Crippen molar-refractivity contribution in [1.82, 2.24) is 5.43 Å². The number of hydrogen-bond acceptors (Lipinski definition) is 3. The van der Waals surface area contributed by atoms with Crippen LogP contribution in [0.2, 0.25) is 15.1 Å². The smallest absolute Gasteiger partial charge is 0.317 e. The molecule has 0 bridgehead atoms. The molecule has 2 aromatic rings. The maximum absolute atomic E-state index is 11.9. The van der Waals surface area contributed by atoms with Crippen molar-refractivity contribution in [3.63, 3.8) is 0 Å². The average molecular weight is 385 g/mol. The Balaban J connectivity index is 1.99. The van der Waals surface area contributed by atoms with E-state index < -0.39 is 11.8 Å². The lowest BCUT2D eigenvalue weighted by molar-refractivity contribution is -0.136. The van der Waals surface area contributed by atoms with Gasteiger partial charge in [0.1, 0.15) is 0 Å². The molecular weight excluding hydrogens is 373 g/mol. The number of anilines is 1. The molecule has 8 heteroatoms. The summed E-state index contributed by atoms with van der Waals surface area (Å²) in [5.74, 6) is -1.79. The molecule has 2 rings (SSSR count). The first kappa shape index (κ1) is 18.3. The van der Waals surface area contributed by atoms with Crippen LogP contribution in [0, 0.1) is 6.92 Å². The summed E-state index contributed by atoms with van der Waals surface area (Å²) in [5, 5.41) is 7.27. The summed E-state index contributed by atoms with van der Waals surface area (Å²) in [5.41, 5.74) is 3.85. The topological polar surface area (TPSA) is 70.6 Å². The molecule has 0 heterocycles. The van der Waals surface area contributed by atoms with E-state index in [1.165, 1.54) is 6.21 Å². The zero-order valence-corrected chi connectivity index (χ0v) is 14.7. The third kappa shape index (κ3) is 4.71. The lowest BCUT2D eigenvalue weighted by Crippen LogP contribution is -2.32. The molecule has 2 aromatic carbocycles. The van der Waals surface area contributed by atoms with Crippen LogP contribution < -0.4 is 10.7 Å². The largest absolute Gasteiger partial charge is 0.329 e. The molecule has 0 spiro atoms. The average Bonchev–Trinajstić information content (AvgIpc) is 2.54. The van der Waals surface area contributed by atoms with Crippen molar-refractivity contribution in [2.45, 2.75) is 6.92 Å². The summed E-state index contributed by atoms with van der Waals surface area (Å²) >= 11 is 17.7. The predicted molar refractivity (Wildman–Crippen MR) is 97.0 cm³/mol. The Bertz CT molecular complexity index is 822. The van der Waals surface area contributed by atoms with Gasteiger partial charge in [0, 0.05) is 16.3 Å². The molecule has 0 saturated heterocycles. The summed E-state index contributed by atoms with van der Waals surface area (Å²) < 4.78 is 0. The van der Waals surface area contributed by atoms with Crippen LogP contribution in [0.3, 0.4) is 0 Å². The Morgan fingerprint density at radius 2 is 1.83 bits per heavy atom. The quantitative estimate of drug-likeness (QED) is 0.476. The van der Waals surface area contributed by atoms with Crippen LogP contribution in [-0.4, -0.2) is 18.0 Å². The molecule has 0 aliphatic heterocycles. The van der Waals surface area contributed by atoms with Crippen molar-refractivity contribution in [3.05, 3.63) is 62.6 Å². The van der Waals surface area contributed by atoms with Gasteiger partial charge in [0.25, 0.3) is 0 Å². The van der Waals surface area contributed by atoms with Crippen molar-refractivity contribution in [1.29, 1.82) is 0 Å². The number of carbonyl (C=O) groups excluding carboxylic acids is 2. The molecule has 0 saturated carbocycles. The summed E-state index contributed by atoms with van der Waals surface area (Å²) in [6, 6.07) is 9.95. The molecule has 2 amide bonds. The summed E-state index contributed by atoms with van der Waals surface area (Å²) in [6.45, 7) is 1.78. The number of nitrogens with one attached hydrogen (secondary N) is 2. The molecule has 0 unspecified atom stereocenters. The highest BCUT2D eigenvalue weighted by atomic mass is 35.5. The summed E-state index contributed by atoms with van der Waals surface area (Å²) in [7, 11) is 0. The number of hydrazone groups is 1. The van der Waals surface area contributed by atoms with E-state index in [1.807, 2.05) is 0 Å². The van der Waals surface area contributed by atoms with E-state index in [0.29, 0.717) is 26.3 Å². The number of nitrogens with zero attached hydrogens (tertiary/aromatic N) is 1. The van der Waals surface area contributed by atoms with Gasteiger partial charge in [0.05, 0.1) is 16.3 Å². The lowest BCUT2D eigenvalue weighted by atomic mass is 10.2. The first-order chi connectivity index (χ1) is 11.4. The Morgan fingerprint density at radius 3 is 2.58 bits per heavy atom. The number of benzene rings is 2. The van der Waals surface area contributed by atoms with Crippen LogP contribution in [0.25, 0.3) is 0 Å². The zero-order chi connectivity index (χ0) is 17.7. The van der Waals surface area contributed by atoms with Crippen molar-refractivity contribution >= 4 is 58.5 Å². The predicted octanol–water partition coefficient (Wildman–Crippen LogP) is 4.04. The van der Waals surface area contributed by atoms with E-state index in [-0.39, 0.29) is 0 Å². The first-order valence-corrected chi connectivity index (χ1v) is 7.86. The molecule has 0 atom stereocenters. The zero-order valence-electron chi connectivity index (χ0n) is 12.4. The number of carbonyl (C=O) groups is 2. The van der Waals surface area contributed by atoms with Gasteiger partial charge in [-0.1, -0.05) is 53.0 Å². The van der Waals surface area contributed by atoms with Gasteiger partial charge in [-0.25, -0.2) is 5.43 Å². The van der Waals surface area contributed by atoms with E-state index in [4.69, 9.17) is 34.8 Å². The van der Waals surface area contributed by atoms with Crippen molar-refractivity contribution in [3.8, 4) is 0 Å². The fourth-order valence-corrected chi connectivity index (χ4v) is 2.27. The second kappa shape index (κ2) is 8.15. The van der Waals surface area contributed by atoms with Crippen LogP contribution in [0.5, 0.6) is 0 Å². The minimum absolute atomic E-state index is 0.302. The van der Waals surface area contributed by atoms with Crippen LogP contribution in [0.1, 0.15) is 11.1 Å². The highest BCUT2D eigenvalue weighted by Gasteiger charge is 2.14. The molecule has 0 radical (unpaired) electrons. The fraction of sp³-hybridized carbons (Fsp3) is 0.0625. The first-order valence-electron chi connectivity index (χ1n) is 6.73. The van der Waals surface area contributed by atoms with Gasteiger partial charge in [0.15, 0.2) is 0 Å². The number of amides is 2. The van der Waals surface area contributed by atoms with Gasteiger partial charge in [-0.05, 0) is 30.7 Å². The maximum Gasteiger partial charge on any atom is 0.329 e. The van der Waals surface area contributed by atoms with Gasteiger partial charge < -0.3 is 5.32 Å². The van der Waals surface area contributed by atoms with E-state index >= 15 is 0 Å². The fourth-order valence-electron chi connectivity index (χ4n) is 1.74. The Morgan fingerprint density at radius 1 is 1.08 bits per heavy atom. The highest BCUT2D eigenvalue weighted by molar-refractivity contribution is 6.43. The monoisotopic (exact) mass is 383 g/mol. The van der Waals surface area contributed by atoms with E-state index in [1.54, 1.807) is 43.3 Å². The molecular formula is C16H12Cl3N3O2. The Hall–Kier alpha value is -2.08. The number of halogens is 3. The van der Waals surface area contributed by atoms with Crippen LogP contribution in [0.4, 0.5) is 5.69 Å². The number of aryl methyl sites for hydroxylation is 1. The van der Waals surface area contributed by atoms with Crippen molar-refractivity contribution < 1.29 is 9.59 Å². The number of rotatable bonds is 3. The van der Waals surface area contributed by atoms with E-state index in [0.717, 1.165) is 5.56 Å². The van der Waals surface area contributed by atoms with Crippen LogP contribution >= 0.6 is 34.8 Å². The molecule has 0 aliphatic carbocycles. The SMILES string of the molecule is Cc1ccc(Cl)cc1NC(=O)C(=O)N/N=C/c1cccc(Cl)c1Cl. The van der Waals surface area contributed by atoms with Gasteiger partial charge in [0.2, 0.25) is 0 Å². The Kier molecular flexibility index (Phi) is 6.20. The molecule has 0 aromatic heterocycles. The van der Waals surface area contributed by atoms with Gasteiger partial charge in [-0.3, -0.25) is 9.59 Å². The lowest BCUT2D eigenvalue weighted by Gasteiger charge is -2.07. The molecule has 24 heavy (non-hydrogen) atoms. The second-order valence-corrected chi connectivity index (χ2v) is 5.98. The van der Waals surface area contributed by atoms with Crippen LogP contribution in [0.15, 0.2) is 41.5 Å². The summed E-state index contributed by atoms with van der Waals surface area (Å²) in [4.78, 5) is 23.6. The molecule has 124 valence electrons. The molecule has 0 aliphatic rings. The Labute approximate surface area is 153 Å². The van der Waals surface area contributed by atoms with Crippen molar-refractivity contribution in [2.24, 2.45) is 5.10 Å². The highest BCUT2D eigenvalue weighted by Crippen LogP contribution is 2.24. The second-order valence-electron chi connectivity index (χ2n) is 4.76. The molecule has 0 fully saturated rings. The maximum atomic E-state index is 11.9. The van der Waals surface area contributed by atoms with E-state index in [2.05, 4.69) is 15.8 Å². The van der Waals surface area contributed by atoms with E-state index in [9.17, 15) is 9.59 Å². The normalized spacial score (nSPS) is 10.7. The number of hydrogen-bond donors (Lipinski definition) is 2.